The zero-order chi connectivity index (χ0) is 27.4. The van der Waals surface area contributed by atoms with E-state index in [1.807, 2.05) is 103 Å². The fourth-order valence-electron chi connectivity index (χ4n) is 4.22. The molecular weight excluding hydrogens is 490 g/mol. The molecule has 0 saturated carbocycles. The quantitative estimate of drug-likeness (QED) is 0.135. The number of hydrogen-bond donors (Lipinski definition) is 0. The molecule has 0 unspecified atom stereocenters. The first kappa shape index (κ1) is 26.5. The largest absolute Gasteiger partial charge is 0.453 e. The molecule has 0 atom stereocenters. The highest BCUT2D eigenvalue weighted by Gasteiger charge is 2.09. The molecule has 0 aromatic heterocycles. The van der Waals surface area contributed by atoms with Crippen molar-refractivity contribution >= 4 is 17.9 Å². The highest BCUT2D eigenvalue weighted by atomic mass is 16.5. The number of aliphatic imine (C=N–C) groups is 1. The Balaban J connectivity index is 1.44. The van der Waals surface area contributed by atoms with Gasteiger partial charge in [-0.25, -0.2) is 0 Å². The van der Waals surface area contributed by atoms with Gasteiger partial charge in [0.1, 0.15) is 11.5 Å². The van der Waals surface area contributed by atoms with E-state index in [-0.39, 0.29) is 0 Å². The first-order chi connectivity index (χ1) is 19.7. The molecule has 0 aliphatic heterocycles. The van der Waals surface area contributed by atoms with Gasteiger partial charge in [-0.05, 0) is 77.2 Å². The summed E-state index contributed by atoms with van der Waals surface area (Å²) in [6.45, 7) is 2.77. The Bertz CT molecular complexity index is 1600. The summed E-state index contributed by atoms with van der Waals surface area (Å²) in [5, 5.41) is 0. The molecule has 0 spiro atoms. The molecule has 196 valence electrons. The van der Waals surface area contributed by atoms with E-state index in [9.17, 15) is 0 Å². The summed E-state index contributed by atoms with van der Waals surface area (Å²) in [7, 11) is 0. The van der Waals surface area contributed by atoms with Gasteiger partial charge in [-0.2, -0.15) is 0 Å². The van der Waals surface area contributed by atoms with E-state index in [1.165, 1.54) is 11.1 Å². The summed E-state index contributed by atoms with van der Waals surface area (Å²) in [4.78, 5) is 4.63. The number of benzene rings is 5. The lowest BCUT2D eigenvalue weighted by molar-refractivity contribution is 0.418. The first-order valence-electron chi connectivity index (χ1n) is 13.3. The normalized spacial score (nSPS) is 11.7. The molecule has 0 bridgehead atoms. The number of ether oxygens (including phenoxy) is 2. The molecule has 0 heterocycles. The average Bonchev–Trinajstić information content (AvgIpc) is 3.00. The number of para-hydroxylation sites is 2. The van der Waals surface area contributed by atoms with Crippen LogP contribution in [-0.2, 0) is 6.54 Å². The Hall–Kier alpha value is -5.15. The second-order valence-corrected chi connectivity index (χ2v) is 9.28. The highest BCUT2D eigenvalue weighted by Crippen LogP contribution is 2.36. The first-order valence-corrected chi connectivity index (χ1v) is 13.3. The minimum Gasteiger partial charge on any atom is -0.453 e. The van der Waals surface area contributed by atoms with Gasteiger partial charge in [-0.15, -0.1) is 0 Å². The van der Waals surface area contributed by atoms with E-state index in [0.717, 1.165) is 28.2 Å². The van der Waals surface area contributed by atoms with Crippen molar-refractivity contribution in [1.29, 1.82) is 0 Å². The maximum Gasteiger partial charge on any atom is 0.170 e. The van der Waals surface area contributed by atoms with Crippen LogP contribution in [0.1, 0.15) is 22.3 Å². The van der Waals surface area contributed by atoms with Gasteiger partial charge in [0.15, 0.2) is 11.5 Å². The van der Waals surface area contributed by atoms with E-state index in [0.29, 0.717) is 18.0 Å². The lowest BCUT2D eigenvalue weighted by Gasteiger charge is -2.13. The van der Waals surface area contributed by atoms with Gasteiger partial charge in [0.05, 0.1) is 6.54 Å². The zero-order valence-electron chi connectivity index (χ0n) is 22.5. The molecule has 40 heavy (non-hydrogen) atoms. The molecule has 0 aliphatic carbocycles. The summed E-state index contributed by atoms with van der Waals surface area (Å²) in [5.74, 6) is 2.79. The van der Waals surface area contributed by atoms with Crippen molar-refractivity contribution in [2.24, 2.45) is 4.99 Å². The van der Waals surface area contributed by atoms with Crippen LogP contribution in [0.15, 0.2) is 151 Å². The predicted octanol–water partition coefficient (Wildman–Crippen LogP) is 9.95. The molecule has 5 rings (SSSR count). The number of hydrogen-bond acceptors (Lipinski definition) is 3. The van der Waals surface area contributed by atoms with Gasteiger partial charge in [-0.3, -0.25) is 4.99 Å². The molecule has 0 amide bonds. The van der Waals surface area contributed by atoms with Crippen LogP contribution >= 0.6 is 0 Å². The van der Waals surface area contributed by atoms with Gasteiger partial charge in [-0.1, -0.05) is 109 Å². The maximum atomic E-state index is 6.26. The third kappa shape index (κ3) is 7.46. The van der Waals surface area contributed by atoms with Gasteiger partial charge >= 0.3 is 0 Å². The van der Waals surface area contributed by atoms with Crippen molar-refractivity contribution in [3.8, 4) is 23.0 Å². The molecule has 0 aliphatic rings. The highest BCUT2D eigenvalue weighted by molar-refractivity contribution is 5.91. The van der Waals surface area contributed by atoms with Crippen LogP contribution in [0.5, 0.6) is 23.0 Å². The Morgan fingerprint density at radius 2 is 1.25 bits per heavy atom. The second-order valence-electron chi connectivity index (χ2n) is 9.28. The summed E-state index contributed by atoms with van der Waals surface area (Å²) >= 11 is 0. The van der Waals surface area contributed by atoms with Gasteiger partial charge < -0.3 is 9.47 Å². The van der Waals surface area contributed by atoms with Crippen molar-refractivity contribution in [2.45, 2.75) is 13.5 Å². The molecule has 0 fully saturated rings. The number of nitrogens with zero attached hydrogens (tertiary/aromatic N) is 1. The lowest BCUT2D eigenvalue weighted by Crippen LogP contribution is -1.91. The number of aryl methyl sites for hydroxylation is 1. The van der Waals surface area contributed by atoms with E-state index in [2.05, 4.69) is 66.5 Å². The van der Waals surface area contributed by atoms with E-state index in [4.69, 9.17) is 9.47 Å². The molecular formula is C37H31NO2. The van der Waals surface area contributed by atoms with E-state index < -0.39 is 0 Å². The Labute approximate surface area is 236 Å². The molecule has 3 heteroatoms. The second kappa shape index (κ2) is 13.6. The van der Waals surface area contributed by atoms with Crippen LogP contribution in [0.3, 0.4) is 0 Å². The van der Waals surface area contributed by atoms with Crippen LogP contribution in [0, 0.1) is 6.92 Å². The molecule has 0 N–H and O–H groups in total. The Morgan fingerprint density at radius 3 is 1.93 bits per heavy atom. The lowest BCUT2D eigenvalue weighted by atomic mass is 9.99. The minimum atomic E-state index is 0.642. The summed E-state index contributed by atoms with van der Waals surface area (Å²) in [6.07, 6.45) is 8.17. The van der Waals surface area contributed by atoms with Crippen molar-refractivity contribution in [1.82, 2.24) is 0 Å². The summed E-state index contributed by atoms with van der Waals surface area (Å²) < 4.78 is 12.4. The maximum absolute atomic E-state index is 6.26. The predicted molar refractivity (Wildman–Crippen MR) is 166 cm³/mol. The van der Waals surface area contributed by atoms with Crippen LogP contribution in [0.2, 0.25) is 0 Å². The monoisotopic (exact) mass is 521 g/mol. The van der Waals surface area contributed by atoms with E-state index in [1.54, 1.807) is 0 Å². The zero-order valence-corrected chi connectivity index (χ0v) is 22.5. The van der Waals surface area contributed by atoms with Gasteiger partial charge in [0, 0.05) is 6.21 Å². The van der Waals surface area contributed by atoms with Crippen molar-refractivity contribution in [3.05, 3.63) is 168 Å². The topological polar surface area (TPSA) is 30.8 Å². The van der Waals surface area contributed by atoms with Crippen molar-refractivity contribution < 1.29 is 9.47 Å². The van der Waals surface area contributed by atoms with Crippen LogP contribution < -0.4 is 9.47 Å². The molecule has 3 nitrogen and oxygen atoms in total. The average molecular weight is 522 g/mol. The van der Waals surface area contributed by atoms with Crippen molar-refractivity contribution in [2.75, 3.05) is 0 Å². The van der Waals surface area contributed by atoms with Gasteiger partial charge in [0.2, 0.25) is 0 Å². The molecule has 0 radical (unpaired) electrons. The standard InChI is InChI=1S/C37H31NO2/c1-29-13-11-12-20-35(29)32(25-26-38-28-31-14-5-2-6-15-31)23-21-30-22-24-36(39-33-16-7-3-8-17-33)37(27-30)40-34-18-9-4-10-19-34/h2-27H,28H2,1H3/b23-21?,32-25-,38-26+. The van der Waals surface area contributed by atoms with Crippen molar-refractivity contribution in [3.63, 3.8) is 0 Å². The smallest absolute Gasteiger partial charge is 0.170 e. The summed E-state index contributed by atoms with van der Waals surface area (Å²) in [6, 6.07) is 44.1. The SMILES string of the molecule is Cc1ccccc1/C(C=Cc1ccc(Oc2ccccc2)c(Oc2ccccc2)c1)=C\C=N\Cc1ccccc1. The van der Waals surface area contributed by atoms with Crippen LogP contribution in [0.4, 0.5) is 0 Å². The molecule has 0 saturated heterocycles. The third-order valence-corrected chi connectivity index (χ3v) is 6.30. The van der Waals surface area contributed by atoms with E-state index >= 15 is 0 Å². The summed E-state index contributed by atoms with van der Waals surface area (Å²) in [5.41, 5.74) is 5.62. The fourth-order valence-corrected chi connectivity index (χ4v) is 4.22. The Kier molecular flexibility index (Phi) is 8.99. The fraction of sp³-hybridized carbons (Fsp3) is 0.0541. The number of rotatable bonds is 10. The van der Waals surface area contributed by atoms with Gasteiger partial charge in [0.25, 0.3) is 0 Å². The van der Waals surface area contributed by atoms with Crippen LogP contribution in [0.25, 0.3) is 11.6 Å². The molecule has 5 aromatic rings. The number of allylic oxidation sites excluding steroid dienone is 3. The molecule has 5 aromatic carbocycles. The Morgan fingerprint density at radius 1 is 0.650 bits per heavy atom. The van der Waals surface area contributed by atoms with Crippen LogP contribution in [-0.4, -0.2) is 6.21 Å². The minimum absolute atomic E-state index is 0.642. The third-order valence-electron chi connectivity index (χ3n) is 6.30.